The minimum absolute atomic E-state index is 0.120. The first-order chi connectivity index (χ1) is 14.8. The molecule has 31 heavy (non-hydrogen) atoms. The zero-order valence-corrected chi connectivity index (χ0v) is 16.8. The number of amides is 2. The number of alkyl halides is 3. The zero-order valence-electron chi connectivity index (χ0n) is 16.8. The number of carbonyl (C=O) groups excluding carboxylic acids is 2. The Hall–Kier alpha value is -3.03. The van der Waals surface area contributed by atoms with E-state index >= 15 is 0 Å². The highest BCUT2D eigenvalue weighted by Gasteiger charge is 2.38. The normalized spacial score (nSPS) is 18.7. The maximum absolute atomic E-state index is 13.3. The highest BCUT2D eigenvalue weighted by molar-refractivity contribution is 5.96. The predicted molar refractivity (Wildman–Crippen MR) is 108 cm³/mol. The van der Waals surface area contributed by atoms with Gasteiger partial charge in [0.25, 0.3) is 11.8 Å². The van der Waals surface area contributed by atoms with Crippen LogP contribution in [0.1, 0.15) is 52.0 Å². The number of ether oxygens (including phenoxy) is 1. The second-order valence-corrected chi connectivity index (χ2v) is 7.92. The number of benzene rings is 2. The second kappa shape index (κ2) is 8.61. The van der Waals surface area contributed by atoms with Crippen LogP contribution < -0.4 is 10.1 Å². The first kappa shape index (κ1) is 21.2. The summed E-state index contributed by atoms with van der Waals surface area (Å²) in [6.07, 6.45) is -1.21. The molecule has 1 atom stereocenters. The van der Waals surface area contributed by atoms with Crippen LogP contribution in [-0.2, 0) is 6.18 Å². The van der Waals surface area contributed by atoms with E-state index in [4.69, 9.17) is 4.74 Å². The van der Waals surface area contributed by atoms with E-state index in [9.17, 15) is 22.8 Å². The number of rotatable bonds is 6. The van der Waals surface area contributed by atoms with Crippen molar-refractivity contribution in [3.05, 3.63) is 65.2 Å². The Balaban J connectivity index is 1.39. The van der Waals surface area contributed by atoms with Crippen molar-refractivity contribution in [1.82, 2.24) is 10.2 Å². The van der Waals surface area contributed by atoms with Gasteiger partial charge in [-0.3, -0.25) is 9.59 Å². The van der Waals surface area contributed by atoms with Crippen LogP contribution in [0, 0.1) is 0 Å². The largest absolute Gasteiger partial charge is 0.491 e. The predicted octanol–water partition coefficient (Wildman–Crippen LogP) is 4.28. The molecule has 0 unspecified atom stereocenters. The van der Waals surface area contributed by atoms with Gasteiger partial charge in [0, 0.05) is 18.2 Å². The third-order valence-electron chi connectivity index (χ3n) is 5.57. The molecule has 2 aliphatic rings. The van der Waals surface area contributed by atoms with E-state index in [1.807, 2.05) is 0 Å². The molecule has 0 radical (unpaired) electrons. The van der Waals surface area contributed by atoms with Gasteiger partial charge < -0.3 is 15.0 Å². The van der Waals surface area contributed by atoms with Crippen molar-refractivity contribution in [2.24, 2.45) is 0 Å². The molecule has 1 heterocycles. The smallest absolute Gasteiger partial charge is 0.417 e. The number of likely N-dealkylation sites (tertiary alicyclic amines) is 1. The molecule has 2 aromatic carbocycles. The third-order valence-corrected chi connectivity index (χ3v) is 5.57. The number of nitrogens with one attached hydrogen (secondary N) is 1. The lowest BCUT2D eigenvalue weighted by Crippen LogP contribution is -2.39. The Morgan fingerprint density at radius 2 is 1.74 bits per heavy atom. The molecule has 1 saturated heterocycles. The Bertz CT molecular complexity index is 955. The molecule has 1 N–H and O–H groups in total. The van der Waals surface area contributed by atoms with Crippen LogP contribution in [0.3, 0.4) is 0 Å². The van der Waals surface area contributed by atoms with Crippen LogP contribution in [0.4, 0.5) is 13.2 Å². The minimum atomic E-state index is -4.59. The van der Waals surface area contributed by atoms with E-state index in [1.165, 1.54) is 23.1 Å². The molecule has 8 heteroatoms. The van der Waals surface area contributed by atoms with E-state index in [0.717, 1.165) is 18.9 Å². The summed E-state index contributed by atoms with van der Waals surface area (Å²) >= 11 is 0. The van der Waals surface area contributed by atoms with E-state index in [0.29, 0.717) is 30.7 Å². The molecule has 5 nitrogen and oxygen atoms in total. The van der Waals surface area contributed by atoms with Crippen molar-refractivity contribution in [3.63, 3.8) is 0 Å². The third kappa shape index (κ3) is 5.00. The molecule has 2 aromatic rings. The molecule has 0 spiro atoms. The molecule has 2 amide bonds. The number of hydrogen-bond acceptors (Lipinski definition) is 3. The topological polar surface area (TPSA) is 58.6 Å². The zero-order chi connectivity index (χ0) is 22.0. The summed E-state index contributed by atoms with van der Waals surface area (Å²) in [7, 11) is 0. The average Bonchev–Trinajstić information content (AvgIpc) is 3.44. The monoisotopic (exact) mass is 432 g/mol. The van der Waals surface area contributed by atoms with Gasteiger partial charge in [0.05, 0.1) is 17.2 Å². The van der Waals surface area contributed by atoms with Gasteiger partial charge in [0.15, 0.2) is 0 Å². The Labute approximate surface area is 178 Å². The highest BCUT2D eigenvalue weighted by Crippen LogP contribution is 2.33. The van der Waals surface area contributed by atoms with E-state index in [-0.39, 0.29) is 30.2 Å². The molecule has 1 aliphatic carbocycles. The van der Waals surface area contributed by atoms with Crippen LogP contribution in [0.5, 0.6) is 5.75 Å². The van der Waals surface area contributed by atoms with E-state index < -0.39 is 17.6 Å². The van der Waals surface area contributed by atoms with Gasteiger partial charge in [-0.2, -0.15) is 13.2 Å². The van der Waals surface area contributed by atoms with Gasteiger partial charge in [-0.05, 0) is 62.1 Å². The fourth-order valence-corrected chi connectivity index (χ4v) is 3.74. The van der Waals surface area contributed by atoms with Crippen LogP contribution in [0.2, 0.25) is 0 Å². The molecule has 1 aliphatic heterocycles. The van der Waals surface area contributed by atoms with Crippen LogP contribution in [-0.4, -0.2) is 41.9 Å². The summed E-state index contributed by atoms with van der Waals surface area (Å²) in [6.45, 7) is 0.562. The number of hydrogen-bond donors (Lipinski definition) is 1. The molecule has 0 aromatic heterocycles. The molecular formula is C23H23F3N2O3. The number of halogens is 3. The van der Waals surface area contributed by atoms with E-state index in [1.54, 1.807) is 24.3 Å². The maximum Gasteiger partial charge on any atom is 0.417 e. The van der Waals surface area contributed by atoms with Gasteiger partial charge >= 0.3 is 6.18 Å². The Morgan fingerprint density at radius 3 is 2.42 bits per heavy atom. The summed E-state index contributed by atoms with van der Waals surface area (Å²) in [6, 6.07) is 11.5. The van der Waals surface area contributed by atoms with E-state index in [2.05, 4.69) is 5.32 Å². The summed E-state index contributed by atoms with van der Waals surface area (Å²) in [5.74, 6) is -0.214. The fourth-order valence-electron chi connectivity index (χ4n) is 3.74. The van der Waals surface area contributed by atoms with Crippen LogP contribution in [0.15, 0.2) is 48.5 Å². The molecule has 1 saturated carbocycles. The van der Waals surface area contributed by atoms with Crippen molar-refractivity contribution in [3.8, 4) is 5.75 Å². The lowest BCUT2D eigenvalue weighted by Gasteiger charge is -2.26. The summed E-state index contributed by atoms with van der Waals surface area (Å²) < 4.78 is 45.7. The SMILES string of the molecule is O=C(NC1CC1)c1ccc(OC[C@@H]2CCCN2C(=O)c2ccccc2C(F)(F)F)cc1. The summed E-state index contributed by atoms with van der Waals surface area (Å²) in [5.41, 5.74) is -0.722. The fraction of sp³-hybridized carbons (Fsp3) is 0.391. The first-order valence-electron chi connectivity index (χ1n) is 10.3. The maximum atomic E-state index is 13.3. The Kier molecular flexibility index (Phi) is 5.89. The van der Waals surface area contributed by atoms with Crippen molar-refractivity contribution >= 4 is 11.8 Å². The molecular weight excluding hydrogens is 409 g/mol. The highest BCUT2D eigenvalue weighted by atomic mass is 19.4. The molecule has 164 valence electrons. The van der Waals surface area contributed by atoms with Crippen LogP contribution >= 0.6 is 0 Å². The standard InChI is InChI=1S/C23H23F3N2O3/c24-23(25,26)20-6-2-1-5-19(20)22(30)28-13-3-4-17(28)14-31-18-11-7-15(8-12-18)21(29)27-16-9-10-16/h1-2,5-8,11-12,16-17H,3-4,9-10,13-14H2,(H,27,29)/t17-/m0/s1. The number of carbonyl (C=O) groups is 2. The first-order valence-corrected chi connectivity index (χ1v) is 10.3. The van der Waals surface area contributed by atoms with Crippen molar-refractivity contribution in [1.29, 1.82) is 0 Å². The summed E-state index contributed by atoms with van der Waals surface area (Å²) in [5, 5.41) is 2.91. The van der Waals surface area contributed by atoms with Gasteiger partial charge in [-0.15, -0.1) is 0 Å². The quantitative estimate of drug-likeness (QED) is 0.741. The average molecular weight is 432 g/mol. The van der Waals surface area contributed by atoms with Crippen molar-refractivity contribution in [2.75, 3.05) is 13.2 Å². The lowest BCUT2D eigenvalue weighted by atomic mass is 10.1. The molecule has 0 bridgehead atoms. The molecule has 2 fully saturated rings. The van der Waals surface area contributed by atoms with Crippen molar-refractivity contribution < 1.29 is 27.5 Å². The summed E-state index contributed by atoms with van der Waals surface area (Å²) in [4.78, 5) is 26.4. The Morgan fingerprint density at radius 1 is 1.03 bits per heavy atom. The van der Waals surface area contributed by atoms with Crippen molar-refractivity contribution in [2.45, 2.75) is 43.9 Å². The van der Waals surface area contributed by atoms with Crippen LogP contribution in [0.25, 0.3) is 0 Å². The lowest BCUT2D eigenvalue weighted by molar-refractivity contribution is -0.138. The second-order valence-electron chi connectivity index (χ2n) is 7.92. The minimum Gasteiger partial charge on any atom is -0.491 e. The van der Waals surface area contributed by atoms with Gasteiger partial charge in [0.1, 0.15) is 12.4 Å². The van der Waals surface area contributed by atoms with Gasteiger partial charge in [0.2, 0.25) is 0 Å². The number of nitrogens with zero attached hydrogens (tertiary/aromatic N) is 1. The molecule has 4 rings (SSSR count). The van der Waals surface area contributed by atoms with Gasteiger partial charge in [-0.1, -0.05) is 12.1 Å². The van der Waals surface area contributed by atoms with Gasteiger partial charge in [-0.25, -0.2) is 0 Å².